The van der Waals surface area contributed by atoms with Gasteiger partial charge in [0.2, 0.25) is 0 Å². The number of hydrogen-bond donors (Lipinski definition) is 1. The van der Waals surface area contributed by atoms with Crippen LogP contribution in [0.4, 0.5) is 5.69 Å². The molecule has 0 bridgehead atoms. The third kappa shape index (κ3) is 2.12. The second-order valence-electron chi connectivity index (χ2n) is 4.97. The molecule has 1 heterocycles. The quantitative estimate of drug-likeness (QED) is 0.627. The van der Waals surface area contributed by atoms with Gasteiger partial charge in [-0.2, -0.15) is 0 Å². The van der Waals surface area contributed by atoms with Gasteiger partial charge in [-0.05, 0) is 25.5 Å². The van der Waals surface area contributed by atoms with Gasteiger partial charge in [-0.25, -0.2) is 4.98 Å². The van der Waals surface area contributed by atoms with Gasteiger partial charge < -0.3 is 5.73 Å². The largest absolute Gasteiger partial charge is 0.398 e. The normalized spacial score (nSPS) is 24.7. The summed E-state index contributed by atoms with van der Waals surface area (Å²) in [4.78, 5) is 40.8. The Bertz CT molecular complexity index is 970. The van der Waals surface area contributed by atoms with Crippen molar-refractivity contribution in [1.29, 1.82) is 0 Å². The number of nitrogens with two attached hydrogens (primary N) is 1. The molecule has 1 aliphatic carbocycles. The Morgan fingerprint density at radius 2 is 2.24 bits per heavy atom. The number of aryl methyl sites for hydroxylation is 1. The zero-order valence-corrected chi connectivity index (χ0v) is 11.4. The minimum Gasteiger partial charge on any atom is -0.398 e. The summed E-state index contributed by atoms with van der Waals surface area (Å²) in [6, 6.07) is -1.12. The molecule has 1 aromatic heterocycles. The van der Waals surface area contributed by atoms with Crippen LogP contribution in [-0.2, 0) is 9.59 Å². The lowest BCUT2D eigenvalue weighted by Gasteiger charge is -2.24. The van der Waals surface area contributed by atoms with E-state index in [-0.39, 0.29) is 53.1 Å². The van der Waals surface area contributed by atoms with Gasteiger partial charge in [-0.15, -0.1) is 0 Å². The predicted molar refractivity (Wildman–Crippen MR) is 78.1 cm³/mol. The maximum absolute atomic E-state index is 12.9. The molecule has 0 amide bonds. The topological polar surface area (TPSA) is 95.0 Å². The van der Waals surface area contributed by atoms with Crippen molar-refractivity contribution in [2.24, 2.45) is 0 Å². The van der Waals surface area contributed by atoms with Crippen molar-refractivity contribution >= 4 is 28.2 Å². The zero-order valence-electron chi connectivity index (χ0n) is 14.4. The molecule has 1 atom stereocenters. The van der Waals surface area contributed by atoms with Crippen LogP contribution < -0.4 is 11.3 Å². The Hall–Kier alpha value is -2.50. The Labute approximate surface area is 124 Å². The summed E-state index contributed by atoms with van der Waals surface area (Å²) in [6.07, 6.45) is -0.467. The maximum atomic E-state index is 12.9. The standard InChI is InChI=1S/C15H15N3O3/c1-8-17-11-4-2-3-10(16)14(11)15(21)18(8)12-6-5-9(19)7-13(12)20/h2-4,12H,5-7,16H2,1H3/i2D,3D,12D. The molecule has 108 valence electrons. The number of fused-ring (bicyclic) bond motifs is 1. The number of nitrogen functional groups attached to an aromatic ring is 1. The van der Waals surface area contributed by atoms with E-state index in [1.807, 2.05) is 0 Å². The molecule has 1 aliphatic rings. The summed E-state index contributed by atoms with van der Waals surface area (Å²) in [5, 5.41) is -0.0853. The smallest absolute Gasteiger partial charge is 0.264 e. The van der Waals surface area contributed by atoms with Crippen LogP contribution in [0.5, 0.6) is 0 Å². The molecule has 1 fully saturated rings. The number of Topliss-reactive ketones (excluding diaryl/α,β-unsaturated/α-hetero) is 2. The SMILES string of the molecule is [2H]c1cc2nc(C)n(C3([2H])CCC(=O)CC3=O)c(=O)c2c(N)c1[2H]. The molecular weight excluding hydrogens is 270 g/mol. The van der Waals surface area contributed by atoms with Gasteiger partial charge in [-0.1, -0.05) is 6.04 Å². The summed E-state index contributed by atoms with van der Waals surface area (Å²) >= 11 is 0. The van der Waals surface area contributed by atoms with Crippen molar-refractivity contribution in [1.82, 2.24) is 9.55 Å². The molecule has 2 N–H and O–H groups in total. The zero-order chi connectivity index (χ0) is 17.8. The highest BCUT2D eigenvalue weighted by Gasteiger charge is 2.30. The molecular formula is C15H15N3O3. The number of ketones is 2. The minimum atomic E-state index is -1.91. The lowest BCUT2D eigenvalue weighted by Crippen LogP contribution is -2.36. The van der Waals surface area contributed by atoms with Crippen LogP contribution in [-0.4, -0.2) is 21.1 Å². The lowest BCUT2D eigenvalue weighted by molar-refractivity contribution is -0.132. The Balaban J connectivity index is 2.36. The van der Waals surface area contributed by atoms with Crippen molar-refractivity contribution < 1.29 is 13.7 Å². The van der Waals surface area contributed by atoms with Gasteiger partial charge in [0.05, 0.1) is 27.5 Å². The van der Waals surface area contributed by atoms with Gasteiger partial charge in [0.15, 0.2) is 5.78 Å². The van der Waals surface area contributed by atoms with Gasteiger partial charge in [0.25, 0.3) is 5.56 Å². The van der Waals surface area contributed by atoms with E-state index < -0.39 is 23.8 Å². The third-order valence-corrected chi connectivity index (χ3v) is 3.55. The van der Waals surface area contributed by atoms with Crippen molar-refractivity contribution in [2.75, 3.05) is 5.73 Å². The molecule has 6 heteroatoms. The molecule has 2 aromatic rings. The first kappa shape index (κ1) is 10.3. The van der Waals surface area contributed by atoms with Crippen molar-refractivity contribution in [3.05, 3.63) is 34.3 Å². The number of hydrogen-bond acceptors (Lipinski definition) is 5. The van der Waals surface area contributed by atoms with E-state index in [2.05, 4.69) is 4.98 Å². The number of nitrogens with zero attached hydrogens (tertiary/aromatic N) is 2. The van der Waals surface area contributed by atoms with E-state index in [4.69, 9.17) is 9.85 Å². The number of benzene rings is 1. The molecule has 0 radical (unpaired) electrons. The number of aromatic nitrogens is 2. The van der Waals surface area contributed by atoms with Crippen LogP contribution >= 0.6 is 0 Å². The number of rotatable bonds is 1. The third-order valence-electron chi connectivity index (χ3n) is 3.55. The van der Waals surface area contributed by atoms with Gasteiger partial charge in [-0.3, -0.25) is 19.0 Å². The van der Waals surface area contributed by atoms with Crippen molar-refractivity contribution in [2.45, 2.75) is 32.2 Å². The monoisotopic (exact) mass is 288 g/mol. The van der Waals surface area contributed by atoms with E-state index in [0.717, 1.165) is 4.57 Å². The van der Waals surface area contributed by atoms with Crippen LogP contribution in [0.15, 0.2) is 22.9 Å². The van der Waals surface area contributed by atoms with Crippen LogP contribution in [0.2, 0.25) is 0 Å². The van der Waals surface area contributed by atoms with Crippen LogP contribution in [0.1, 0.15) is 35.2 Å². The molecule has 1 saturated carbocycles. The van der Waals surface area contributed by atoms with Gasteiger partial charge >= 0.3 is 0 Å². The van der Waals surface area contributed by atoms with Crippen LogP contribution in [0, 0.1) is 6.92 Å². The number of anilines is 1. The lowest BCUT2D eigenvalue weighted by atomic mass is 9.92. The van der Waals surface area contributed by atoms with Crippen molar-refractivity contribution in [3.8, 4) is 0 Å². The van der Waals surface area contributed by atoms with Crippen LogP contribution in [0.25, 0.3) is 10.9 Å². The van der Waals surface area contributed by atoms with Gasteiger partial charge in [0.1, 0.15) is 11.6 Å². The second-order valence-corrected chi connectivity index (χ2v) is 4.97. The first-order valence-electron chi connectivity index (χ1n) is 8.01. The summed E-state index contributed by atoms with van der Waals surface area (Å²) in [5.41, 5.74) is 5.05. The van der Waals surface area contributed by atoms with Crippen LogP contribution in [0.3, 0.4) is 0 Å². The highest BCUT2D eigenvalue weighted by molar-refractivity contribution is 6.03. The van der Waals surface area contributed by atoms with Gasteiger partial charge in [0, 0.05) is 12.1 Å². The molecule has 1 aromatic carbocycles. The summed E-state index contributed by atoms with van der Waals surface area (Å²) < 4.78 is 24.9. The molecule has 0 aliphatic heterocycles. The fourth-order valence-corrected chi connectivity index (χ4v) is 2.57. The number of carbonyl (C=O) groups excluding carboxylic acids is 2. The fraction of sp³-hybridized carbons (Fsp3) is 0.333. The first-order valence-corrected chi connectivity index (χ1v) is 6.51. The predicted octanol–water partition coefficient (Wildman–Crippen LogP) is 1.15. The fourth-order valence-electron chi connectivity index (χ4n) is 2.57. The molecule has 21 heavy (non-hydrogen) atoms. The van der Waals surface area contributed by atoms with E-state index in [1.165, 1.54) is 13.0 Å². The van der Waals surface area contributed by atoms with Crippen molar-refractivity contribution in [3.63, 3.8) is 0 Å². The average Bonchev–Trinajstić information content (AvgIpc) is 2.49. The molecule has 0 spiro atoms. The van der Waals surface area contributed by atoms with E-state index in [0.29, 0.717) is 0 Å². The first-order chi connectivity index (χ1) is 11.2. The summed E-state index contributed by atoms with van der Waals surface area (Å²) in [6.45, 7) is 1.48. The average molecular weight is 288 g/mol. The summed E-state index contributed by atoms with van der Waals surface area (Å²) in [5.74, 6) is -0.789. The highest BCUT2D eigenvalue weighted by atomic mass is 16.2. The molecule has 3 rings (SSSR count). The maximum Gasteiger partial charge on any atom is 0.264 e. The highest BCUT2D eigenvalue weighted by Crippen LogP contribution is 2.24. The Kier molecular flexibility index (Phi) is 2.35. The van der Waals surface area contributed by atoms with E-state index >= 15 is 0 Å². The molecule has 1 unspecified atom stereocenters. The van der Waals surface area contributed by atoms with E-state index in [9.17, 15) is 14.4 Å². The molecule has 6 nitrogen and oxygen atoms in total. The van der Waals surface area contributed by atoms with E-state index in [1.54, 1.807) is 0 Å². The second kappa shape index (κ2) is 4.80. The molecule has 0 saturated heterocycles. The summed E-state index contributed by atoms with van der Waals surface area (Å²) in [7, 11) is 0. The Morgan fingerprint density at radius 1 is 1.48 bits per heavy atom. The minimum absolute atomic E-state index is 0.0317. The number of carbonyl (C=O) groups is 2. The Morgan fingerprint density at radius 3 is 2.95 bits per heavy atom.